The summed E-state index contributed by atoms with van der Waals surface area (Å²) in [5, 5.41) is 9.07. The van der Waals surface area contributed by atoms with Crippen LogP contribution in [0, 0.1) is 0 Å². The van der Waals surface area contributed by atoms with E-state index in [-0.39, 0.29) is 11.4 Å². The SMILES string of the molecule is O=C(c1cnn(-c2ccc(Cl)cc2)n1)N1CCC12COC2. The van der Waals surface area contributed by atoms with Gasteiger partial charge in [-0.1, -0.05) is 11.6 Å². The highest BCUT2D eigenvalue weighted by Crippen LogP contribution is 2.38. The molecule has 7 heteroatoms. The zero-order chi connectivity index (χ0) is 14.4. The van der Waals surface area contributed by atoms with E-state index in [1.165, 1.54) is 11.0 Å². The Balaban J connectivity index is 1.57. The number of hydrogen-bond donors (Lipinski definition) is 0. The third-order valence-corrected chi connectivity index (χ3v) is 4.38. The zero-order valence-corrected chi connectivity index (χ0v) is 12.0. The van der Waals surface area contributed by atoms with Crippen molar-refractivity contribution < 1.29 is 9.53 Å². The van der Waals surface area contributed by atoms with Gasteiger partial charge < -0.3 is 9.64 Å². The molecule has 0 saturated carbocycles. The molecule has 2 aliphatic heterocycles. The highest BCUT2D eigenvalue weighted by molar-refractivity contribution is 6.30. The second-order valence-corrected chi connectivity index (χ2v) is 5.86. The van der Waals surface area contributed by atoms with Crippen LogP contribution in [-0.2, 0) is 4.74 Å². The third-order valence-electron chi connectivity index (χ3n) is 4.13. The van der Waals surface area contributed by atoms with Crippen LogP contribution in [0.1, 0.15) is 16.9 Å². The van der Waals surface area contributed by atoms with E-state index in [1.807, 2.05) is 17.0 Å². The number of amides is 1. The van der Waals surface area contributed by atoms with E-state index in [2.05, 4.69) is 10.2 Å². The molecule has 0 N–H and O–H groups in total. The molecule has 4 rings (SSSR count). The second-order valence-electron chi connectivity index (χ2n) is 5.42. The lowest BCUT2D eigenvalue weighted by Gasteiger charge is -2.57. The topological polar surface area (TPSA) is 60.2 Å². The first kappa shape index (κ1) is 12.8. The summed E-state index contributed by atoms with van der Waals surface area (Å²) in [6.45, 7) is 2.02. The number of benzene rings is 1. The number of rotatable bonds is 2. The molecular weight excluding hydrogens is 292 g/mol. The van der Waals surface area contributed by atoms with Gasteiger partial charge in [-0.05, 0) is 30.7 Å². The molecule has 1 spiro atoms. The molecule has 3 heterocycles. The average Bonchev–Trinajstić information content (AvgIpc) is 2.86. The molecule has 0 atom stereocenters. The van der Waals surface area contributed by atoms with E-state index >= 15 is 0 Å². The van der Waals surface area contributed by atoms with Crippen LogP contribution in [0.25, 0.3) is 5.69 Å². The number of nitrogens with zero attached hydrogens (tertiary/aromatic N) is 4. The summed E-state index contributed by atoms with van der Waals surface area (Å²) in [5.74, 6) is -0.0789. The molecule has 1 aromatic carbocycles. The molecule has 2 fully saturated rings. The van der Waals surface area contributed by atoms with Crippen molar-refractivity contribution in [2.75, 3.05) is 19.8 Å². The minimum absolute atomic E-state index is 0.0789. The van der Waals surface area contributed by atoms with E-state index in [9.17, 15) is 4.79 Å². The molecule has 1 amide bonds. The molecule has 0 radical (unpaired) electrons. The Labute approximate surface area is 126 Å². The molecular formula is C14H13ClN4O2. The van der Waals surface area contributed by atoms with Crippen LogP contribution in [0.3, 0.4) is 0 Å². The van der Waals surface area contributed by atoms with Crippen molar-refractivity contribution in [2.24, 2.45) is 0 Å². The van der Waals surface area contributed by atoms with Gasteiger partial charge in [0.1, 0.15) is 0 Å². The largest absolute Gasteiger partial charge is 0.376 e. The van der Waals surface area contributed by atoms with E-state index in [0.717, 1.165) is 18.7 Å². The number of carbonyl (C=O) groups excluding carboxylic acids is 1. The Morgan fingerprint density at radius 2 is 2.05 bits per heavy atom. The normalized spacial score (nSPS) is 19.2. The predicted octanol–water partition coefficient (Wildman–Crippen LogP) is 1.54. The van der Waals surface area contributed by atoms with Crippen molar-refractivity contribution in [2.45, 2.75) is 12.0 Å². The lowest BCUT2D eigenvalue weighted by Crippen LogP contribution is -2.72. The summed E-state index contributed by atoms with van der Waals surface area (Å²) >= 11 is 5.85. The summed E-state index contributed by atoms with van der Waals surface area (Å²) in [5.41, 5.74) is 1.04. The maximum atomic E-state index is 12.5. The second kappa shape index (κ2) is 4.54. The summed E-state index contributed by atoms with van der Waals surface area (Å²) in [6, 6.07) is 7.14. The molecule has 0 aliphatic carbocycles. The van der Waals surface area contributed by atoms with E-state index in [0.29, 0.717) is 23.9 Å². The summed E-state index contributed by atoms with van der Waals surface area (Å²) < 4.78 is 5.23. The van der Waals surface area contributed by atoms with Crippen molar-refractivity contribution in [1.82, 2.24) is 19.9 Å². The molecule has 2 aromatic rings. The Morgan fingerprint density at radius 3 is 2.62 bits per heavy atom. The van der Waals surface area contributed by atoms with Crippen molar-refractivity contribution in [1.29, 1.82) is 0 Å². The summed E-state index contributed by atoms with van der Waals surface area (Å²) in [6.07, 6.45) is 2.51. The number of aromatic nitrogens is 3. The summed E-state index contributed by atoms with van der Waals surface area (Å²) in [4.78, 5) is 15.7. The van der Waals surface area contributed by atoms with Crippen molar-refractivity contribution >= 4 is 17.5 Å². The molecule has 0 unspecified atom stereocenters. The van der Waals surface area contributed by atoms with Gasteiger partial charge in [-0.2, -0.15) is 9.90 Å². The lowest BCUT2D eigenvalue weighted by molar-refractivity contribution is -0.172. The zero-order valence-electron chi connectivity index (χ0n) is 11.2. The minimum Gasteiger partial charge on any atom is -0.376 e. The predicted molar refractivity (Wildman–Crippen MR) is 75.6 cm³/mol. The molecule has 2 aliphatic rings. The van der Waals surface area contributed by atoms with Crippen molar-refractivity contribution in [3.63, 3.8) is 0 Å². The molecule has 2 saturated heterocycles. The van der Waals surface area contributed by atoms with Gasteiger partial charge in [-0.3, -0.25) is 4.79 Å². The first-order valence-electron chi connectivity index (χ1n) is 6.76. The molecule has 0 bridgehead atoms. The van der Waals surface area contributed by atoms with Gasteiger partial charge in [0.25, 0.3) is 5.91 Å². The summed E-state index contributed by atoms with van der Waals surface area (Å²) in [7, 11) is 0. The maximum absolute atomic E-state index is 12.5. The van der Waals surface area contributed by atoms with Crippen LogP contribution in [0.4, 0.5) is 0 Å². The van der Waals surface area contributed by atoms with Gasteiger partial charge in [-0.25, -0.2) is 0 Å². The van der Waals surface area contributed by atoms with Crippen LogP contribution in [0.15, 0.2) is 30.5 Å². The number of likely N-dealkylation sites (tertiary alicyclic amines) is 1. The fourth-order valence-electron chi connectivity index (χ4n) is 2.69. The molecule has 108 valence electrons. The van der Waals surface area contributed by atoms with Gasteiger partial charge in [0.15, 0.2) is 5.69 Å². The molecule has 21 heavy (non-hydrogen) atoms. The number of halogens is 1. The minimum atomic E-state index is -0.0822. The van der Waals surface area contributed by atoms with Gasteiger partial charge in [0, 0.05) is 11.6 Å². The van der Waals surface area contributed by atoms with Gasteiger partial charge >= 0.3 is 0 Å². The first-order chi connectivity index (χ1) is 10.2. The van der Waals surface area contributed by atoms with Crippen LogP contribution >= 0.6 is 11.6 Å². The number of hydrogen-bond acceptors (Lipinski definition) is 4. The monoisotopic (exact) mass is 304 g/mol. The van der Waals surface area contributed by atoms with E-state index in [1.54, 1.807) is 12.1 Å². The highest BCUT2D eigenvalue weighted by Gasteiger charge is 2.53. The van der Waals surface area contributed by atoms with Crippen LogP contribution in [0.5, 0.6) is 0 Å². The quantitative estimate of drug-likeness (QED) is 0.844. The fourth-order valence-corrected chi connectivity index (χ4v) is 2.82. The smallest absolute Gasteiger partial charge is 0.276 e. The third kappa shape index (κ3) is 1.94. The van der Waals surface area contributed by atoms with Crippen molar-refractivity contribution in [3.05, 3.63) is 41.2 Å². The van der Waals surface area contributed by atoms with E-state index < -0.39 is 0 Å². The average molecular weight is 305 g/mol. The molecule has 6 nitrogen and oxygen atoms in total. The van der Waals surface area contributed by atoms with Gasteiger partial charge in [0.2, 0.25) is 0 Å². The Bertz CT molecular complexity index is 688. The van der Waals surface area contributed by atoms with E-state index in [4.69, 9.17) is 16.3 Å². The van der Waals surface area contributed by atoms with Gasteiger partial charge in [0.05, 0.1) is 30.6 Å². The highest BCUT2D eigenvalue weighted by atomic mass is 35.5. The van der Waals surface area contributed by atoms with Crippen molar-refractivity contribution in [3.8, 4) is 5.69 Å². The first-order valence-corrected chi connectivity index (χ1v) is 7.14. The maximum Gasteiger partial charge on any atom is 0.276 e. The van der Waals surface area contributed by atoms with Gasteiger partial charge in [-0.15, -0.1) is 5.10 Å². The molecule has 1 aromatic heterocycles. The standard InChI is InChI=1S/C14H13ClN4O2/c15-10-1-3-11(4-2-10)19-16-7-12(17-19)13(20)18-6-5-14(18)8-21-9-14/h1-4,7H,5-6,8-9H2. The Hall–Kier alpha value is -1.92. The number of carbonyl (C=O) groups is 1. The lowest BCUT2D eigenvalue weighted by atomic mass is 9.82. The Kier molecular flexibility index (Phi) is 2.77. The van der Waals surface area contributed by atoms with Crippen LogP contribution < -0.4 is 0 Å². The number of ether oxygens (including phenoxy) is 1. The Morgan fingerprint density at radius 1 is 1.29 bits per heavy atom. The van der Waals surface area contributed by atoms with Crippen LogP contribution in [0.2, 0.25) is 5.02 Å². The fraction of sp³-hybridized carbons (Fsp3) is 0.357. The van der Waals surface area contributed by atoms with Crippen LogP contribution in [-0.4, -0.2) is 51.1 Å².